The molecule has 0 aromatic carbocycles. The van der Waals surface area contributed by atoms with Crippen LogP contribution in [0.3, 0.4) is 0 Å². The van der Waals surface area contributed by atoms with Crippen molar-refractivity contribution < 1.29 is 14.3 Å². The minimum Gasteiger partial charge on any atom is -0.370 e. The van der Waals surface area contributed by atoms with E-state index in [-0.39, 0.29) is 19.1 Å². The molecule has 0 saturated heterocycles. The molecule has 6 nitrogen and oxygen atoms in total. The van der Waals surface area contributed by atoms with Gasteiger partial charge in [-0.1, -0.05) is 13.3 Å². The van der Waals surface area contributed by atoms with Crippen LogP contribution in [-0.2, 0) is 14.3 Å². The van der Waals surface area contributed by atoms with Gasteiger partial charge in [-0.25, -0.2) is 0 Å². The van der Waals surface area contributed by atoms with Gasteiger partial charge >= 0.3 is 0 Å². The van der Waals surface area contributed by atoms with Gasteiger partial charge in [-0.15, -0.1) is 0 Å². The third-order valence-electron chi connectivity index (χ3n) is 1.81. The largest absolute Gasteiger partial charge is 0.370 e. The van der Waals surface area contributed by atoms with Crippen molar-refractivity contribution in [2.45, 2.75) is 19.8 Å². The minimum atomic E-state index is -0.489. The predicted octanol–water partition coefficient (Wildman–Crippen LogP) is -1.01. The van der Waals surface area contributed by atoms with Crippen LogP contribution in [0, 0.1) is 0 Å². The molecule has 0 saturated carbocycles. The van der Waals surface area contributed by atoms with Crippen molar-refractivity contribution in [1.82, 2.24) is 10.6 Å². The zero-order chi connectivity index (χ0) is 12.2. The number of ether oxygens (including phenoxy) is 1. The number of carbonyl (C=O) groups is 2. The summed E-state index contributed by atoms with van der Waals surface area (Å²) < 4.78 is 4.91. The van der Waals surface area contributed by atoms with Gasteiger partial charge < -0.3 is 21.1 Å². The average molecular weight is 231 g/mol. The molecular weight excluding hydrogens is 210 g/mol. The Bertz CT molecular complexity index is 209. The van der Waals surface area contributed by atoms with Crippen LogP contribution in [0.4, 0.5) is 0 Å². The number of rotatable bonds is 10. The van der Waals surface area contributed by atoms with Crippen molar-refractivity contribution >= 4 is 11.8 Å². The van der Waals surface area contributed by atoms with E-state index in [1.165, 1.54) is 0 Å². The summed E-state index contributed by atoms with van der Waals surface area (Å²) >= 11 is 0. The van der Waals surface area contributed by atoms with E-state index >= 15 is 0 Å². The first-order valence-electron chi connectivity index (χ1n) is 5.50. The van der Waals surface area contributed by atoms with E-state index in [9.17, 15) is 9.59 Å². The first-order chi connectivity index (χ1) is 7.66. The standard InChI is InChI=1S/C10H21N3O3/c1-2-3-4-13-10(15)7-12-5-6-16-8-9(11)14/h12H,2-8H2,1H3,(H2,11,14)(H,13,15). The highest BCUT2D eigenvalue weighted by Gasteiger charge is 1.99. The number of amides is 2. The molecule has 0 aromatic heterocycles. The van der Waals surface area contributed by atoms with Gasteiger partial charge in [0.15, 0.2) is 0 Å². The summed E-state index contributed by atoms with van der Waals surface area (Å²) in [7, 11) is 0. The Morgan fingerprint density at radius 1 is 1.31 bits per heavy atom. The highest BCUT2D eigenvalue weighted by atomic mass is 16.5. The normalized spacial score (nSPS) is 10.1. The third-order valence-corrected chi connectivity index (χ3v) is 1.81. The molecule has 0 fully saturated rings. The van der Waals surface area contributed by atoms with E-state index in [0.29, 0.717) is 13.2 Å². The number of primary amides is 1. The second-order valence-electron chi connectivity index (χ2n) is 3.40. The second kappa shape index (κ2) is 10.4. The molecule has 0 rings (SSSR count). The Labute approximate surface area is 95.9 Å². The molecule has 2 amide bonds. The molecule has 0 aliphatic rings. The summed E-state index contributed by atoms with van der Waals surface area (Å²) in [5.41, 5.74) is 4.87. The Morgan fingerprint density at radius 3 is 2.69 bits per heavy atom. The summed E-state index contributed by atoms with van der Waals surface area (Å²) in [5.74, 6) is -0.513. The van der Waals surface area contributed by atoms with Gasteiger partial charge in [-0.2, -0.15) is 0 Å². The Balaban J connectivity index is 3.18. The van der Waals surface area contributed by atoms with Crippen LogP contribution in [0.15, 0.2) is 0 Å². The Morgan fingerprint density at radius 2 is 2.06 bits per heavy atom. The lowest BCUT2D eigenvalue weighted by molar-refractivity contribution is -0.123. The monoisotopic (exact) mass is 231 g/mol. The summed E-state index contributed by atoms with van der Waals surface area (Å²) in [4.78, 5) is 21.5. The summed E-state index contributed by atoms with van der Waals surface area (Å²) in [6.45, 7) is 3.86. The maximum atomic E-state index is 11.2. The van der Waals surface area contributed by atoms with Gasteiger partial charge in [0.05, 0.1) is 13.2 Å². The first-order valence-corrected chi connectivity index (χ1v) is 5.50. The highest BCUT2D eigenvalue weighted by Crippen LogP contribution is 1.81. The first kappa shape index (κ1) is 14.9. The molecule has 0 bridgehead atoms. The van der Waals surface area contributed by atoms with E-state index in [4.69, 9.17) is 10.5 Å². The molecule has 94 valence electrons. The number of hydrogen-bond acceptors (Lipinski definition) is 4. The second-order valence-corrected chi connectivity index (χ2v) is 3.40. The van der Waals surface area contributed by atoms with Crippen LogP contribution in [0.5, 0.6) is 0 Å². The molecule has 0 aliphatic heterocycles. The van der Waals surface area contributed by atoms with Crippen LogP contribution in [0.1, 0.15) is 19.8 Å². The van der Waals surface area contributed by atoms with Crippen molar-refractivity contribution in [3.63, 3.8) is 0 Å². The lowest BCUT2D eigenvalue weighted by atomic mass is 10.3. The van der Waals surface area contributed by atoms with E-state index in [1.807, 2.05) is 0 Å². The number of nitrogens with two attached hydrogens (primary N) is 1. The third kappa shape index (κ3) is 10.9. The smallest absolute Gasteiger partial charge is 0.243 e. The topological polar surface area (TPSA) is 93.4 Å². The Hall–Kier alpha value is -1.14. The fourth-order valence-electron chi connectivity index (χ4n) is 0.986. The van der Waals surface area contributed by atoms with Crippen LogP contribution in [-0.4, -0.2) is 44.7 Å². The van der Waals surface area contributed by atoms with Crippen LogP contribution < -0.4 is 16.4 Å². The van der Waals surface area contributed by atoms with E-state index in [1.54, 1.807) is 0 Å². The summed E-state index contributed by atoms with van der Waals surface area (Å²) in [6, 6.07) is 0. The van der Waals surface area contributed by atoms with Gasteiger partial charge in [-0.3, -0.25) is 9.59 Å². The Kier molecular flexibility index (Phi) is 9.64. The maximum Gasteiger partial charge on any atom is 0.243 e. The molecular formula is C10H21N3O3. The zero-order valence-corrected chi connectivity index (χ0v) is 9.75. The number of carbonyl (C=O) groups excluding carboxylic acids is 2. The molecule has 6 heteroatoms. The SMILES string of the molecule is CCCCNC(=O)CNCCOCC(N)=O. The minimum absolute atomic E-state index is 0.0247. The molecule has 4 N–H and O–H groups in total. The highest BCUT2D eigenvalue weighted by molar-refractivity contribution is 5.77. The summed E-state index contributed by atoms with van der Waals surface area (Å²) in [6.07, 6.45) is 2.06. The van der Waals surface area contributed by atoms with Gasteiger partial charge in [0.2, 0.25) is 11.8 Å². The molecule has 0 radical (unpaired) electrons. The average Bonchev–Trinajstić information content (AvgIpc) is 2.23. The predicted molar refractivity (Wildman–Crippen MR) is 60.8 cm³/mol. The van der Waals surface area contributed by atoms with Crippen molar-refractivity contribution in [1.29, 1.82) is 0 Å². The molecule has 0 unspecified atom stereocenters. The van der Waals surface area contributed by atoms with Gasteiger partial charge in [0, 0.05) is 13.1 Å². The van der Waals surface area contributed by atoms with Crippen LogP contribution in [0.2, 0.25) is 0 Å². The van der Waals surface area contributed by atoms with Crippen molar-refractivity contribution in [3.8, 4) is 0 Å². The number of hydrogen-bond donors (Lipinski definition) is 3. The van der Waals surface area contributed by atoms with Crippen molar-refractivity contribution in [2.75, 3.05) is 32.8 Å². The van der Waals surface area contributed by atoms with Gasteiger partial charge in [0.25, 0.3) is 0 Å². The van der Waals surface area contributed by atoms with Gasteiger partial charge in [0.1, 0.15) is 6.61 Å². The molecule has 0 aliphatic carbocycles. The molecule has 16 heavy (non-hydrogen) atoms. The van der Waals surface area contributed by atoms with Crippen LogP contribution >= 0.6 is 0 Å². The molecule has 0 atom stereocenters. The lowest BCUT2D eigenvalue weighted by Gasteiger charge is -2.06. The molecule has 0 spiro atoms. The molecule has 0 aromatic rings. The lowest BCUT2D eigenvalue weighted by Crippen LogP contribution is -2.35. The number of unbranched alkanes of at least 4 members (excludes halogenated alkanes) is 1. The number of nitrogens with one attached hydrogen (secondary N) is 2. The van der Waals surface area contributed by atoms with Crippen LogP contribution in [0.25, 0.3) is 0 Å². The van der Waals surface area contributed by atoms with E-state index < -0.39 is 5.91 Å². The van der Waals surface area contributed by atoms with E-state index in [2.05, 4.69) is 17.6 Å². The van der Waals surface area contributed by atoms with Gasteiger partial charge in [-0.05, 0) is 6.42 Å². The summed E-state index contributed by atoms with van der Waals surface area (Å²) in [5, 5.41) is 5.67. The maximum absolute atomic E-state index is 11.2. The fraction of sp³-hybridized carbons (Fsp3) is 0.800. The fourth-order valence-corrected chi connectivity index (χ4v) is 0.986. The van der Waals surface area contributed by atoms with E-state index in [0.717, 1.165) is 19.4 Å². The van der Waals surface area contributed by atoms with Crippen molar-refractivity contribution in [3.05, 3.63) is 0 Å². The zero-order valence-electron chi connectivity index (χ0n) is 9.75. The van der Waals surface area contributed by atoms with Crippen molar-refractivity contribution in [2.24, 2.45) is 5.73 Å². The quantitative estimate of drug-likeness (QED) is 0.420. The molecule has 0 heterocycles.